The molecule has 0 aromatic carbocycles. The third-order valence-corrected chi connectivity index (χ3v) is 4.73. The van der Waals surface area contributed by atoms with E-state index in [4.69, 9.17) is 4.74 Å². The van der Waals surface area contributed by atoms with Gasteiger partial charge in [0.2, 0.25) is 0 Å². The van der Waals surface area contributed by atoms with Gasteiger partial charge in [-0.05, 0) is 19.3 Å². The lowest BCUT2D eigenvalue weighted by atomic mass is 10.2. The summed E-state index contributed by atoms with van der Waals surface area (Å²) in [6, 6.07) is 0. The van der Waals surface area contributed by atoms with Crippen LogP contribution >= 0.6 is 11.3 Å². The molecule has 0 saturated carbocycles. The maximum absolute atomic E-state index is 12.4. The van der Waals surface area contributed by atoms with Crippen molar-refractivity contribution in [2.45, 2.75) is 31.9 Å². The third-order valence-electron chi connectivity index (χ3n) is 3.97. The number of thiazole rings is 1. The van der Waals surface area contributed by atoms with Crippen LogP contribution in [0.4, 0.5) is 0 Å². The minimum absolute atomic E-state index is 0.178. The highest BCUT2D eigenvalue weighted by Gasteiger charge is 2.29. The van der Waals surface area contributed by atoms with Crippen LogP contribution in [-0.2, 0) is 16.1 Å². The summed E-state index contributed by atoms with van der Waals surface area (Å²) in [5.41, 5.74) is 1.88. The van der Waals surface area contributed by atoms with Gasteiger partial charge in [-0.2, -0.15) is 0 Å². The molecule has 0 unspecified atom stereocenters. The molecule has 5 nitrogen and oxygen atoms in total. The van der Waals surface area contributed by atoms with Crippen molar-refractivity contribution in [1.82, 2.24) is 14.8 Å². The summed E-state index contributed by atoms with van der Waals surface area (Å²) >= 11 is 1.70. The maximum atomic E-state index is 12.4. The minimum Gasteiger partial charge on any atom is -0.368 e. The number of ether oxygens (including phenoxy) is 1. The molecule has 0 N–H and O–H groups in total. The van der Waals surface area contributed by atoms with E-state index in [1.54, 1.807) is 11.3 Å². The van der Waals surface area contributed by atoms with E-state index in [-0.39, 0.29) is 12.0 Å². The molecule has 1 aromatic rings. The Morgan fingerprint density at radius 3 is 3.05 bits per heavy atom. The molecule has 2 aliphatic heterocycles. The molecule has 2 fully saturated rings. The van der Waals surface area contributed by atoms with Crippen molar-refractivity contribution in [3.63, 3.8) is 0 Å². The lowest BCUT2D eigenvalue weighted by Gasteiger charge is -2.24. The molecule has 1 amide bonds. The van der Waals surface area contributed by atoms with Gasteiger partial charge in [0.05, 0.1) is 5.51 Å². The molecule has 3 rings (SSSR count). The predicted molar refractivity (Wildman–Crippen MR) is 77.6 cm³/mol. The SMILES string of the molecule is O=C([C@H]1CCCO1)N1CCCN(Cc2cncs2)CC1. The Morgan fingerprint density at radius 2 is 2.30 bits per heavy atom. The Kier molecular flexibility index (Phi) is 4.65. The number of nitrogens with zero attached hydrogens (tertiary/aromatic N) is 3. The number of carbonyl (C=O) groups excluding carboxylic acids is 1. The second kappa shape index (κ2) is 6.65. The van der Waals surface area contributed by atoms with E-state index >= 15 is 0 Å². The van der Waals surface area contributed by atoms with Gasteiger partial charge in [-0.3, -0.25) is 14.7 Å². The topological polar surface area (TPSA) is 45.7 Å². The van der Waals surface area contributed by atoms with Crippen LogP contribution in [0.5, 0.6) is 0 Å². The Hall–Kier alpha value is -0.980. The highest BCUT2D eigenvalue weighted by molar-refractivity contribution is 7.09. The first-order valence-corrected chi connectivity index (χ1v) is 8.21. The van der Waals surface area contributed by atoms with Crippen molar-refractivity contribution in [3.05, 3.63) is 16.6 Å². The van der Waals surface area contributed by atoms with Crippen molar-refractivity contribution in [3.8, 4) is 0 Å². The fourth-order valence-electron chi connectivity index (χ4n) is 2.87. The van der Waals surface area contributed by atoms with Crippen LogP contribution in [0.2, 0.25) is 0 Å². The van der Waals surface area contributed by atoms with Gasteiger partial charge in [0.25, 0.3) is 5.91 Å². The number of rotatable bonds is 3. The van der Waals surface area contributed by atoms with Gasteiger partial charge in [-0.1, -0.05) is 0 Å². The smallest absolute Gasteiger partial charge is 0.251 e. The fourth-order valence-corrected chi connectivity index (χ4v) is 3.50. The van der Waals surface area contributed by atoms with Crippen molar-refractivity contribution in [2.24, 2.45) is 0 Å². The quantitative estimate of drug-likeness (QED) is 0.844. The van der Waals surface area contributed by atoms with Gasteiger partial charge in [0.15, 0.2) is 0 Å². The van der Waals surface area contributed by atoms with Crippen molar-refractivity contribution < 1.29 is 9.53 Å². The van der Waals surface area contributed by atoms with Crippen LogP contribution in [-0.4, -0.2) is 59.6 Å². The summed E-state index contributed by atoms with van der Waals surface area (Å²) in [6.45, 7) is 5.35. The fraction of sp³-hybridized carbons (Fsp3) is 0.714. The van der Waals surface area contributed by atoms with E-state index in [0.717, 1.165) is 58.6 Å². The Balaban J connectivity index is 1.52. The van der Waals surface area contributed by atoms with E-state index < -0.39 is 0 Å². The predicted octanol–water partition coefficient (Wildman–Crippen LogP) is 1.36. The van der Waals surface area contributed by atoms with Crippen LogP contribution in [0, 0.1) is 0 Å². The summed E-state index contributed by atoms with van der Waals surface area (Å²) in [7, 11) is 0. The molecule has 0 spiro atoms. The zero-order chi connectivity index (χ0) is 13.8. The standard InChI is InChI=1S/C14H21N3O2S/c18-14(13-3-1-8-19-13)17-5-2-4-16(6-7-17)10-12-9-15-11-20-12/h9,11,13H,1-8,10H2/t13-/m1/s1. The zero-order valence-electron chi connectivity index (χ0n) is 11.7. The van der Waals surface area contributed by atoms with Crippen molar-refractivity contribution >= 4 is 17.2 Å². The second-order valence-corrected chi connectivity index (χ2v) is 6.40. The normalized spacial score (nSPS) is 24.8. The molecule has 20 heavy (non-hydrogen) atoms. The van der Waals surface area contributed by atoms with Gasteiger partial charge in [-0.15, -0.1) is 11.3 Å². The molecule has 1 atom stereocenters. The first-order chi connectivity index (χ1) is 9.83. The number of carbonyl (C=O) groups is 1. The lowest BCUT2D eigenvalue weighted by Crippen LogP contribution is -2.41. The van der Waals surface area contributed by atoms with E-state index in [9.17, 15) is 4.79 Å². The summed E-state index contributed by atoms with van der Waals surface area (Å²) in [6.07, 6.45) is 4.70. The van der Waals surface area contributed by atoms with E-state index in [0.29, 0.717) is 0 Å². The number of hydrogen-bond donors (Lipinski definition) is 0. The average molecular weight is 295 g/mol. The van der Waals surface area contributed by atoms with Crippen molar-refractivity contribution in [1.29, 1.82) is 0 Å². The van der Waals surface area contributed by atoms with Gasteiger partial charge in [-0.25, -0.2) is 0 Å². The maximum Gasteiger partial charge on any atom is 0.251 e. The van der Waals surface area contributed by atoms with Crippen LogP contribution in [0.3, 0.4) is 0 Å². The summed E-state index contributed by atoms with van der Waals surface area (Å²) in [5.74, 6) is 0.196. The molecule has 110 valence electrons. The summed E-state index contributed by atoms with van der Waals surface area (Å²) < 4.78 is 5.51. The second-order valence-electron chi connectivity index (χ2n) is 5.42. The minimum atomic E-state index is -0.178. The highest BCUT2D eigenvalue weighted by atomic mass is 32.1. The molecule has 2 aliphatic rings. The summed E-state index contributed by atoms with van der Waals surface area (Å²) in [4.78, 5) is 22.2. The van der Waals surface area contributed by atoms with E-state index in [2.05, 4.69) is 9.88 Å². The van der Waals surface area contributed by atoms with Crippen LogP contribution in [0.25, 0.3) is 0 Å². The molecule has 0 radical (unpaired) electrons. The highest BCUT2D eigenvalue weighted by Crippen LogP contribution is 2.17. The van der Waals surface area contributed by atoms with Gasteiger partial charge in [0, 0.05) is 50.4 Å². The Morgan fingerprint density at radius 1 is 1.35 bits per heavy atom. The van der Waals surface area contributed by atoms with Gasteiger partial charge in [0.1, 0.15) is 6.10 Å². The summed E-state index contributed by atoms with van der Waals surface area (Å²) in [5, 5.41) is 0. The molecule has 1 aromatic heterocycles. The molecule has 6 heteroatoms. The van der Waals surface area contributed by atoms with Crippen molar-refractivity contribution in [2.75, 3.05) is 32.8 Å². The number of amides is 1. The molecule has 0 aliphatic carbocycles. The van der Waals surface area contributed by atoms with Crippen LogP contribution in [0.1, 0.15) is 24.1 Å². The lowest BCUT2D eigenvalue weighted by molar-refractivity contribution is -0.140. The molecular weight excluding hydrogens is 274 g/mol. The first kappa shape index (κ1) is 14.0. The van der Waals surface area contributed by atoms with Gasteiger partial charge < -0.3 is 9.64 Å². The number of hydrogen-bond acceptors (Lipinski definition) is 5. The van der Waals surface area contributed by atoms with Crippen LogP contribution in [0.15, 0.2) is 11.7 Å². The van der Waals surface area contributed by atoms with Gasteiger partial charge >= 0.3 is 0 Å². The Labute approximate surface area is 123 Å². The average Bonchev–Trinajstić information content (AvgIpc) is 3.10. The third kappa shape index (κ3) is 3.37. The molecule has 2 saturated heterocycles. The number of aromatic nitrogens is 1. The first-order valence-electron chi connectivity index (χ1n) is 7.33. The zero-order valence-corrected chi connectivity index (χ0v) is 12.5. The largest absolute Gasteiger partial charge is 0.368 e. The molecular formula is C14H21N3O2S. The van der Waals surface area contributed by atoms with E-state index in [1.807, 2.05) is 16.6 Å². The monoisotopic (exact) mass is 295 g/mol. The van der Waals surface area contributed by atoms with Crippen LogP contribution < -0.4 is 0 Å². The Bertz CT molecular complexity index is 432. The van der Waals surface area contributed by atoms with E-state index in [1.165, 1.54) is 4.88 Å². The molecule has 0 bridgehead atoms. The molecule has 3 heterocycles.